The monoisotopic (exact) mass is 335 g/mol. The highest BCUT2D eigenvalue weighted by Crippen LogP contribution is 2.35. The van der Waals surface area contributed by atoms with Crippen LogP contribution in [0, 0.1) is 13.8 Å². The van der Waals surface area contributed by atoms with Crippen molar-refractivity contribution in [2.45, 2.75) is 43.5 Å². The minimum absolute atomic E-state index is 0.312. The van der Waals surface area contributed by atoms with Crippen molar-refractivity contribution in [3.63, 3.8) is 0 Å². The summed E-state index contributed by atoms with van der Waals surface area (Å²) in [6.07, 6.45) is 2.84. The van der Waals surface area contributed by atoms with Crippen LogP contribution >= 0.6 is 15.9 Å². The Morgan fingerprint density at radius 2 is 2.06 bits per heavy atom. The van der Waals surface area contributed by atoms with Crippen LogP contribution in [0.3, 0.4) is 0 Å². The van der Waals surface area contributed by atoms with Gasteiger partial charge in [-0.2, -0.15) is 5.10 Å². The number of nitrogens with zero attached hydrogens (tertiary/aromatic N) is 2. The zero-order valence-electron chi connectivity index (χ0n) is 10.8. The van der Waals surface area contributed by atoms with Gasteiger partial charge in [0.05, 0.1) is 11.4 Å². The van der Waals surface area contributed by atoms with Crippen LogP contribution < -0.4 is 4.72 Å². The molecule has 0 saturated heterocycles. The third kappa shape index (κ3) is 2.23. The second-order valence-corrected chi connectivity index (χ2v) is 7.18. The maximum absolute atomic E-state index is 12.5. The van der Waals surface area contributed by atoms with Gasteiger partial charge in [-0.1, -0.05) is 15.9 Å². The normalized spacial score (nSPS) is 18.7. The average Bonchev–Trinajstić information content (AvgIpc) is 2.47. The third-order valence-electron chi connectivity index (χ3n) is 3.63. The SMILES string of the molecule is Cc1nn(C)c(C)c1S(=O)(=O)NC1(CBr)CCC1. The molecule has 0 amide bonds. The molecule has 0 radical (unpaired) electrons. The van der Waals surface area contributed by atoms with Crippen LogP contribution in [0.2, 0.25) is 0 Å². The predicted octanol–water partition coefficient (Wildman–Crippen LogP) is 1.63. The Balaban J connectivity index is 2.37. The van der Waals surface area contributed by atoms with E-state index >= 15 is 0 Å². The van der Waals surface area contributed by atoms with Crippen LogP contribution in [0.25, 0.3) is 0 Å². The van der Waals surface area contributed by atoms with Gasteiger partial charge in [0.25, 0.3) is 0 Å². The lowest BCUT2D eigenvalue weighted by molar-refractivity contribution is 0.256. The van der Waals surface area contributed by atoms with Crippen LogP contribution in [0.15, 0.2) is 4.90 Å². The summed E-state index contributed by atoms with van der Waals surface area (Å²) in [5, 5.41) is 4.81. The van der Waals surface area contributed by atoms with Gasteiger partial charge in [0.15, 0.2) is 0 Å². The molecule has 2 rings (SSSR count). The number of nitrogens with one attached hydrogen (secondary N) is 1. The van der Waals surface area contributed by atoms with Gasteiger partial charge in [-0.25, -0.2) is 13.1 Å². The molecule has 1 heterocycles. The molecule has 0 atom stereocenters. The highest BCUT2D eigenvalue weighted by atomic mass is 79.9. The van der Waals surface area contributed by atoms with Gasteiger partial charge in [-0.05, 0) is 33.1 Å². The number of aromatic nitrogens is 2. The molecule has 1 saturated carbocycles. The van der Waals surface area contributed by atoms with E-state index in [9.17, 15) is 8.42 Å². The van der Waals surface area contributed by atoms with Crippen molar-refractivity contribution in [1.29, 1.82) is 0 Å². The van der Waals surface area contributed by atoms with E-state index in [-0.39, 0.29) is 5.54 Å². The van der Waals surface area contributed by atoms with Crippen molar-refractivity contribution in [2.24, 2.45) is 7.05 Å². The van der Waals surface area contributed by atoms with Crippen molar-refractivity contribution in [3.05, 3.63) is 11.4 Å². The summed E-state index contributed by atoms with van der Waals surface area (Å²) >= 11 is 3.40. The van der Waals surface area contributed by atoms with Crippen molar-refractivity contribution in [2.75, 3.05) is 5.33 Å². The lowest BCUT2D eigenvalue weighted by atomic mass is 9.80. The summed E-state index contributed by atoms with van der Waals surface area (Å²) < 4.78 is 29.4. The molecule has 102 valence electrons. The Labute approximate surface area is 116 Å². The quantitative estimate of drug-likeness (QED) is 0.850. The first-order valence-corrected chi connectivity index (χ1v) is 8.52. The summed E-state index contributed by atoms with van der Waals surface area (Å²) in [4.78, 5) is 0.317. The minimum atomic E-state index is -3.49. The molecule has 1 fully saturated rings. The Bertz CT molecular complexity index is 556. The van der Waals surface area contributed by atoms with E-state index in [1.165, 1.54) is 0 Å². The highest BCUT2D eigenvalue weighted by molar-refractivity contribution is 9.09. The Kier molecular flexibility index (Phi) is 3.59. The van der Waals surface area contributed by atoms with E-state index in [1.807, 2.05) is 0 Å². The average molecular weight is 336 g/mol. The smallest absolute Gasteiger partial charge is 0.244 e. The van der Waals surface area contributed by atoms with Gasteiger partial charge >= 0.3 is 0 Å². The van der Waals surface area contributed by atoms with Crippen LogP contribution in [0.1, 0.15) is 30.7 Å². The fraction of sp³-hybridized carbons (Fsp3) is 0.727. The van der Waals surface area contributed by atoms with Gasteiger partial charge in [0, 0.05) is 17.9 Å². The Morgan fingerprint density at radius 3 is 2.39 bits per heavy atom. The zero-order chi connectivity index (χ0) is 13.6. The molecule has 1 aromatic heterocycles. The molecule has 1 aliphatic rings. The number of aryl methyl sites for hydroxylation is 2. The van der Waals surface area contributed by atoms with Crippen molar-refractivity contribution in [3.8, 4) is 0 Å². The van der Waals surface area contributed by atoms with E-state index in [4.69, 9.17) is 0 Å². The number of alkyl halides is 1. The Hall–Kier alpha value is -0.400. The maximum Gasteiger partial charge on any atom is 0.244 e. The van der Waals surface area contributed by atoms with Crippen LogP contribution in [-0.4, -0.2) is 29.1 Å². The molecular weight excluding hydrogens is 318 g/mol. The van der Waals surface area contributed by atoms with Gasteiger partial charge in [-0.3, -0.25) is 4.68 Å². The molecule has 0 bridgehead atoms. The summed E-state index contributed by atoms with van der Waals surface area (Å²) in [6, 6.07) is 0. The van der Waals surface area contributed by atoms with Crippen LogP contribution in [-0.2, 0) is 17.1 Å². The molecule has 18 heavy (non-hydrogen) atoms. The molecule has 0 unspecified atom stereocenters. The van der Waals surface area contributed by atoms with Gasteiger partial charge < -0.3 is 0 Å². The number of rotatable bonds is 4. The first-order valence-electron chi connectivity index (χ1n) is 5.91. The van der Waals surface area contributed by atoms with Gasteiger partial charge in [0.1, 0.15) is 4.90 Å². The first kappa shape index (κ1) is 14.0. The summed E-state index contributed by atoms with van der Waals surface area (Å²) in [5.41, 5.74) is 0.906. The molecule has 5 nitrogen and oxygen atoms in total. The molecule has 7 heteroatoms. The lowest BCUT2D eigenvalue weighted by Crippen LogP contribution is -2.54. The lowest BCUT2D eigenvalue weighted by Gasteiger charge is -2.40. The number of hydrogen-bond donors (Lipinski definition) is 1. The van der Waals surface area contributed by atoms with Gasteiger partial charge in [-0.15, -0.1) is 0 Å². The third-order valence-corrected chi connectivity index (χ3v) is 6.53. The second kappa shape index (κ2) is 4.61. The summed E-state index contributed by atoms with van der Waals surface area (Å²) in [5.74, 6) is 0. The van der Waals surface area contributed by atoms with E-state index in [2.05, 4.69) is 25.8 Å². The second-order valence-electron chi connectivity index (χ2n) is 5.00. The summed E-state index contributed by atoms with van der Waals surface area (Å²) in [6.45, 7) is 3.50. The molecule has 0 aromatic carbocycles. The van der Waals surface area contributed by atoms with Crippen molar-refractivity contribution >= 4 is 26.0 Å². The van der Waals surface area contributed by atoms with E-state index < -0.39 is 10.0 Å². The molecule has 1 aromatic rings. The molecular formula is C11H18BrN3O2S. The van der Waals surface area contributed by atoms with Crippen LogP contribution in [0.4, 0.5) is 0 Å². The topological polar surface area (TPSA) is 64.0 Å². The van der Waals surface area contributed by atoms with E-state index in [0.717, 1.165) is 19.3 Å². The van der Waals surface area contributed by atoms with Crippen LogP contribution in [0.5, 0.6) is 0 Å². The Morgan fingerprint density at radius 1 is 1.44 bits per heavy atom. The molecule has 0 aliphatic heterocycles. The minimum Gasteiger partial charge on any atom is -0.271 e. The zero-order valence-corrected chi connectivity index (χ0v) is 13.2. The molecule has 0 spiro atoms. The number of halogens is 1. The van der Waals surface area contributed by atoms with Gasteiger partial charge in [0.2, 0.25) is 10.0 Å². The first-order chi connectivity index (χ1) is 8.31. The standard InChI is InChI=1S/C11H18BrN3O2S/c1-8-10(9(2)15(3)13-8)18(16,17)14-11(7-12)5-4-6-11/h14H,4-7H2,1-3H3. The maximum atomic E-state index is 12.5. The highest BCUT2D eigenvalue weighted by Gasteiger charge is 2.41. The van der Waals surface area contributed by atoms with E-state index in [0.29, 0.717) is 21.6 Å². The fourth-order valence-corrected chi connectivity index (χ4v) is 5.13. The fourth-order valence-electron chi connectivity index (χ4n) is 2.35. The largest absolute Gasteiger partial charge is 0.271 e. The summed E-state index contributed by atoms with van der Waals surface area (Å²) in [7, 11) is -1.74. The van der Waals surface area contributed by atoms with Crippen molar-refractivity contribution in [1.82, 2.24) is 14.5 Å². The number of sulfonamides is 1. The predicted molar refractivity (Wildman–Crippen MR) is 73.4 cm³/mol. The molecule has 1 N–H and O–H groups in total. The molecule has 1 aliphatic carbocycles. The van der Waals surface area contributed by atoms with E-state index in [1.54, 1.807) is 25.6 Å². The van der Waals surface area contributed by atoms with Crippen molar-refractivity contribution < 1.29 is 8.42 Å². The number of hydrogen-bond acceptors (Lipinski definition) is 3.